The van der Waals surface area contributed by atoms with Crippen molar-refractivity contribution in [2.45, 2.75) is 270 Å². The van der Waals surface area contributed by atoms with E-state index in [-0.39, 0.29) is 19.1 Å². The van der Waals surface area contributed by atoms with E-state index >= 15 is 0 Å². The van der Waals surface area contributed by atoms with Gasteiger partial charge in [-0.1, -0.05) is 254 Å². The summed E-state index contributed by atoms with van der Waals surface area (Å²) in [5.41, 5.74) is 0. The number of nitrogens with zero attached hydrogens (tertiary/aromatic N) is 1. The number of carbonyl (C=O) groups excluding carboxylic acids is 1. The van der Waals surface area contributed by atoms with Crippen molar-refractivity contribution < 1.29 is 32.9 Å². The molecule has 0 aliphatic rings. The Morgan fingerprint density at radius 2 is 0.882 bits per heavy atom. The third-order valence-electron chi connectivity index (χ3n) is 12.7. The predicted molar refractivity (Wildman–Crippen MR) is 295 cm³/mol. The van der Waals surface area contributed by atoms with Crippen LogP contribution in [0.25, 0.3) is 0 Å². The first-order chi connectivity index (χ1) is 33.0. The summed E-state index contributed by atoms with van der Waals surface area (Å²) in [5, 5.41) is 13.9. The number of phosphoric acid groups is 1. The molecule has 0 spiro atoms. The van der Waals surface area contributed by atoms with Gasteiger partial charge in [-0.05, 0) is 57.8 Å². The topological polar surface area (TPSA) is 105 Å². The van der Waals surface area contributed by atoms with Crippen LogP contribution in [0.5, 0.6) is 0 Å². The van der Waals surface area contributed by atoms with Gasteiger partial charge in [0.05, 0.1) is 39.9 Å². The van der Waals surface area contributed by atoms with E-state index in [0.29, 0.717) is 17.4 Å². The van der Waals surface area contributed by atoms with Gasteiger partial charge in [0.15, 0.2) is 0 Å². The second-order valence-electron chi connectivity index (χ2n) is 20.6. The number of unbranched alkanes of at least 4 members (excludes halogenated alkanes) is 31. The molecule has 0 aromatic rings. The molecule has 68 heavy (non-hydrogen) atoms. The maximum absolute atomic E-state index is 13.0. The molecule has 8 nitrogen and oxygen atoms in total. The Hall–Kier alpha value is -1.80. The van der Waals surface area contributed by atoms with Gasteiger partial charge >= 0.3 is 7.82 Å². The summed E-state index contributed by atoms with van der Waals surface area (Å²) in [6, 6.07) is -0.845. The molecule has 0 radical (unpaired) electrons. The van der Waals surface area contributed by atoms with E-state index in [0.717, 1.165) is 64.2 Å². The number of nitrogens with one attached hydrogen (secondary N) is 1. The normalized spacial score (nSPS) is 14.4. The molecule has 0 aromatic carbocycles. The molecule has 0 bridgehead atoms. The SMILES string of the molecule is CC/C=C\C/C=C\C/C=C\C/C=C\CCCCCCCCCCCCCCCCCCCCCCC(=O)NC(COP(=O)(O)OCC[N+](C)(C)C)C(O)/C=C/CCCCCCCCCCCCC. The van der Waals surface area contributed by atoms with Crippen LogP contribution in [0.2, 0.25) is 0 Å². The lowest BCUT2D eigenvalue weighted by Gasteiger charge is -2.25. The molecular weight excluding hydrogens is 864 g/mol. The van der Waals surface area contributed by atoms with Crippen molar-refractivity contribution in [3.63, 3.8) is 0 Å². The summed E-state index contributed by atoms with van der Waals surface area (Å²) in [7, 11) is 1.58. The molecule has 0 rings (SSSR count). The predicted octanol–water partition coefficient (Wildman–Crippen LogP) is 17.3. The molecule has 398 valence electrons. The van der Waals surface area contributed by atoms with Crippen molar-refractivity contribution in [2.75, 3.05) is 40.9 Å². The minimum absolute atomic E-state index is 0.0618. The van der Waals surface area contributed by atoms with Gasteiger partial charge in [-0.15, -0.1) is 0 Å². The van der Waals surface area contributed by atoms with Crippen molar-refractivity contribution in [3.05, 3.63) is 60.8 Å². The van der Waals surface area contributed by atoms with Crippen molar-refractivity contribution in [1.29, 1.82) is 0 Å². The number of aliphatic hydroxyl groups excluding tert-OH is 1. The lowest BCUT2D eigenvalue weighted by Crippen LogP contribution is -2.45. The second-order valence-corrected chi connectivity index (χ2v) is 22.1. The summed E-state index contributed by atoms with van der Waals surface area (Å²) < 4.78 is 23.7. The van der Waals surface area contributed by atoms with Crippen LogP contribution in [0.4, 0.5) is 0 Å². The fourth-order valence-electron chi connectivity index (χ4n) is 8.27. The summed E-state index contributed by atoms with van der Waals surface area (Å²) in [6.45, 7) is 4.71. The largest absolute Gasteiger partial charge is 0.472 e. The Labute approximate surface area is 422 Å². The van der Waals surface area contributed by atoms with E-state index in [2.05, 4.69) is 67.8 Å². The van der Waals surface area contributed by atoms with E-state index in [1.807, 2.05) is 27.2 Å². The van der Waals surface area contributed by atoms with Crippen LogP contribution in [-0.2, 0) is 18.4 Å². The quantitative estimate of drug-likeness (QED) is 0.0243. The van der Waals surface area contributed by atoms with Gasteiger partial charge in [0.2, 0.25) is 5.91 Å². The zero-order valence-corrected chi connectivity index (χ0v) is 46.2. The number of hydrogen-bond acceptors (Lipinski definition) is 5. The Morgan fingerprint density at radius 3 is 1.29 bits per heavy atom. The number of hydrogen-bond donors (Lipinski definition) is 3. The average Bonchev–Trinajstić information content (AvgIpc) is 3.30. The first-order valence-electron chi connectivity index (χ1n) is 28.7. The zero-order valence-electron chi connectivity index (χ0n) is 45.3. The minimum Gasteiger partial charge on any atom is -0.387 e. The number of likely N-dealkylation sites (N-methyl/N-ethyl adjacent to an activating group) is 1. The van der Waals surface area contributed by atoms with Crippen LogP contribution >= 0.6 is 7.82 Å². The van der Waals surface area contributed by atoms with Crippen molar-refractivity contribution in [1.82, 2.24) is 5.32 Å². The van der Waals surface area contributed by atoms with Crippen LogP contribution < -0.4 is 5.32 Å². The van der Waals surface area contributed by atoms with Crippen LogP contribution in [0, 0.1) is 0 Å². The van der Waals surface area contributed by atoms with Crippen molar-refractivity contribution in [2.24, 2.45) is 0 Å². The monoisotopic (exact) mass is 976 g/mol. The number of allylic oxidation sites excluding steroid dienone is 9. The second kappa shape index (κ2) is 50.2. The molecule has 0 aromatic heterocycles. The summed E-state index contributed by atoms with van der Waals surface area (Å²) in [4.78, 5) is 23.2. The minimum atomic E-state index is -4.34. The highest BCUT2D eigenvalue weighted by atomic mass is 31.2. The number of carbonyl (C=O) groups is 1. The Kier molecular flexibility index (Phi) is 48.8. The van der Waals surface area contributed by atoms with Crippen LogP contribution in [0.1, 0.15) is 258 Å². The molecular formula is C59H112N2O6P+. The third kappa shape index (κ3) is 52.0. The Morgan fingerprint density at radius 1 is 0.515 bits per heavy atom. The lowest BCUT2D eigenvalue weighted by molar-refractivity contribution is -0.870. The third-order valence-corrected chi connectivity index (χ3v) is 13.7. The zero-order chi connectivity index (χ0) is 49.9. The van der Waals surface area contributed by atoms with Crippen LogP contribution in [0.3, 0.4) is 0 Å². The van der Waals surface area contributed by atoms with E-state index < -0.39 is 20.0 Å². The van der Waals surface area contributed by atoms with Crippen LogP contribution in [0.15, 0.2) is 60.8 Å². The van der Waals surface area contributed by atoms with E-state index in [1.54, 1.807) is 6.08 Å². The van der Waals surface area contributed by atoms with E-state index in [9.17, 15) is 19.4 Å². The Bertz CT molecular complexity index is 1290. The molecule has 0 aliphatic carbocycles. The Balaban J connectivity index is 4.01. The molecule has 0 saturated carbocycles. The molecule has 0 fully saturated rings. The van der Waals surface area contributed by atoms with Gasteiger partial charge in [-0.25, -0.2) is 4.57 Å². The molecule has 0 heterocycles. The molecule has 3 atom stereocenters. The first kappa shape index (κ1) is 66.2. The number of aliphatic hydroxyl groups is 1. The van der Waals surface area contributed by atoms with Gasteiger partial charge < -0.3 is 19.8 Å². The summed E-state index contributed by atoms with van der Waals surface area (Å²) in [6.07, 6.45) is 67.6. The van der Waals surface area contributed by atoms with E-state index in [1.165, 1.54) is 173 Å². The number of amides is 1. The summed E-state index contributed by atoms with van der Waals surface area (Å²) >= 11 is 0. The number of rotatable bonds is 52. The van der Waals surface area contributed by atoms with E-state index in [4.69, 9.17) is 9.05 Å². The van der Waals surface area contributed by atoms with Gasteiger partial charge in [0.25, 0.3) is 0 Å². The smallest absolute Gasteiger partial charge is 0.387 e. The lowest BCUT2D eigenvalue weighted by atomic mass is 10.0. The number of quaternary nitrogens is 1. The molecule has 9 heteroatoms. The fourth-order valence-corrected chi connectivity index (χ4v) is 9.01. The first-order valence-corrected chi connectivity index (χ1v) is 30.2. The standard InChI is InChI=1S/C59H111N2O6P/c1-6-8-10-12-14-16-18-20-21-22-23-24-25-26-27-28-29-30-31-32-33-34-35-36-37-38-39-41-43-45-47-49-51-53-59(63)60-57(56-67-68(64,65)66-55-54-61(3,4)5)58(62)52-50-48-46-44-42-40-19-17-15-13-11-9-7-2/h8,10,14,16,20-21,23-24,50,52,57-58,62H,6-7,9,11-13,15,17-19,22,25-49,51,53-56H2,1-5H3,(H-,60,63,64,65)/p+1/b10-8-,16-14-,21-20-,24-23-,52-50+. The van der Waals surface area contributed by atoms with Crippen LogP contribution in [-0.4, -0.2) is 73.4 Å². The maximum Gasteiger partial charge on any atom is 0.472 e. The fraction of sp³-hybridized carbons (Fsp3) is 0.814. The average molecular weight is 977 g/mol. The van der Waals surface area contributed by atoms with Gasteiger partial charge in [0.1, 0.15) is 13.2 Å². The van der Waals surface area contributed by atoms with Gasteiger partial charge in [-0.2, -0.15) is 0 Å². The highest BCUT2D eigenvalue weighted by Crippen LogP contribution is 2.43. The van der Waals surface area contributed by atoms with Crippen molar-refractivity contribution >= 4 is 13.7 Å². The highest BCUT2D eigenvalue weighted by molar-refractivity contribution is 7.47. The highest BCUT2D eigenvalue weighted by Gasteiger charge is 2.27. The number of phosphoric ester groups is 1. The molecule has 0 aliphatic heterocycles. The van der Waals surface area contributed by atoms with Gasteiger partial charge in [0, 0.05) is 6.42 Å². The maximum atomic E-state index is 13.0. The molecule has 3 N–H and O–H groups in total. The van der Waals surface area contributed by atoms with Gasteiger partial charge in [-0.3, -0.25) is 13.8 Å². The van der Waals surface area contributed by atoms with Crippen molar-refractivity contribution in [3.8, 4) is 0 Å². The molecule has 3 unspecified atom stereocenters. The molecule has 1 amide bonds. The molecule has 0 saturated heterocycles. The summed E-state index contributed by atoms with van der Waals surface area (Å²) in [5.74, 6) is -0.175.